The lowest BCUT2D eigenvalue weighted by Gasteiger charge is -2.10. The van der Waals surface area contributed by atoms with Crippen LogP contribution in [-0.4, -0.2) is 28.3 Å². The van der Waals surface area contributed by atoms with Crippen LogP contribution >= 0.6 is 0 Å². The zero-order valence-electron chi connectivity index (χ0n) is 6.82. The Bertz CT molecular complexity index is 241. The van der Waals surface area contributed by atoms with E-state index in [1.807, 2.05) is 6.20 Å². The van der Waals surface area contributed by atoms with Crippen molar-refractivity contribution in [2.24, 2.45) is 0 Å². The topological polar surface area (TPSA) is 21.1 Å². The zero-order chi connectivity index (χ0) is 7.68. The minimum absolute atomic E-state index is 1.04. The molecule has 3 heteroatoms. The fourth-order valence-corrected chi connectivity index (χ4v) is 1.54. The number of hydrogen-bond acceptors (Lipinski definition) is 2. The minimum Gasteiger partial charge on any atom is -0.300 e. The maximum Gasteiger partial charge on any atom is 0.0524 e. The summed E-state index contributed by atoms with van der Waals surface area (Å²) in [5.41, 5.74) is 1.34. The van der Waals surface area contributed by atoms with Crippen LogP contribution < -0.4 is 0 Å². The lowest BCUT2D eigenvalue weighted by atomic mass is 10.4. The summed E-state index contributed by atoms with van der Waals surface area (Å²) in [6.07, 6.45) is 3.10. The Morgan fingerprint density at radius 3 is 3.27 bits per heavy atom. The van der Waals surface area contributed by atoms with Crippen molar-refractivity contribution in [3.05, 3.63) is 18.0 Å². The molecule has 1 aromatic heterocycles. The van der Waals surface area contributed by atoms with Gasteiger partial charge in [0, 0.05) is 25.8 Å². The maximum absolute atomic E-state index is 4.24. The van der Waals surface area contributed by atoms with Gasteiger partial charge in [0.25, 0.3) is 0 Å². The zero-order valence-corrected chi connectivity index (χ0v) is 6.82. The van der Waals surface area contributed by atoms with E-state index in [1.54, 1.807) is 0 Å². The van der Waals surface area contributed by atoms with E-state index in [9.17, 15) is 0 Å². The average molecular weight is 151 g/mol. The Hall–Kier alpha value is -0.830. The summed E-state index contributed by atoms with van der Waals surface area (Å²) in [5.74, 6) is 0. The number of aryl methyl sites for hydroxylation is 1. The molecule has 0 unspecified atom stereocenters. The van der Waals surface area contributed by atoms with Crippen molar-refractivity contribution in [3.8, 4) is 0 Å². The van der Waals surface area contributed by atoms with Crippen LogP contribution in [0.1, 0.15) is 12.1 Å². The number of rotatable bonds is 0. The first-order valence-corrected chi connectivity index (χ1v) is 4.05. The molecule has 0 saturated heterocycles. The van der Waals surface area contributed by atoms with Gasteiger partial charge in [0.1, 0.15) is 0 Å². The first-order chi connectivity index (χ1) is 5.36. The van der Waals surface area contributed by atoms with Crippen LogP contribution in [0.2, 0.25) is 0 Å². The molecule has 1 aliphatic rings. The molecule has 0 spiro atoms. The Morgan fingerprint density at radius 1 is 1.45 bits per heavy atom. The highest BCUT2D eigenvalue weighted by molar-refractivity contribution is 5.01. The average Bonchev–Trinajstić information content (AvgIpc) is 2.31. The van der Waals surface area contributed by atoms with Gasteiger partial charge in [-0.15, -0.1) is 0 Å². The van der Waals surface area contributed by atoms with E-state index in [0.717, 1.165) is 13.1 Å². The molecule has 0 aromatic carbocycles. The molecule has 0 N–H and O–H groups in total. The summed E-state index contributed by atoms with van der Waals surface area (Å²) in [7, 11) is 2.16. The van der Waals surface area contributed by atoms with Crippen molar-refractivity contribution in [3.63, 3.8) is 0 Å². The molecule has 0 fully saturated rings. The third kappa shape index (κ3) is 1.28. The highest BCUT2D eigenvalue weighted by atomic mass is 15.3. The Kier molecular flexibility index (Phi) is 1.66. The molecule has 11 heavy (non-hydrogen) atoms. The van der Waals surface area contributed by atoms with Gasteiger partial charge in [-0.3, -0.25) is 4.68 Å². The fourth-order valence-electron chi connectivity index (χ4n) is 1.54. The highest BCUT2D eigenvalue weighted by Crippen LogP contribution is 2.08. The summed E-state index contributed by atoms with van der Waals surface area (Å²) in [6, 6.07) is 2.10. The van der Waals surface area contributed by atoms with Crippen molar-refractivity contribution in [2.75, 3.05) is 13.6 Å². The van der Waals surface area contributed by atoms with E-state index in [-0.39, 0.29) is 0 Å². The Morgan fingerprint density at radius 2 is 2.36 bits per heavy atom. The van der Waals surface area contributed by atoms with Gasteiger partial charge in [-0.2, -0.15) is 5.10 Å². The van der Waals surface area contributed by atoms with Gasteiger partial charge < -0.3 is 4.90 Å². The van der Waals surface area contributed by atoms with Crippen molar-refractivity contribution >= 4 is 0 Å². The van der Waals surface area contributed by atoms with Crippen LogP contribution in [0.15, 0.2) is 12.3 Å². The maximum atomic E-state index is 4.24. The van der Waals surface area contributed by atoms with E-state index in [0.29, 0.717) is 0 Å². The van der Waals surface area contributed by atoms with Crippen LogP contribution in [0.3, 0.4) is 0 Å². The molecule has 0 bridgehead atoms. The SMILES string of the molecule is CN1CCCn2nccc2C1. The van der Waals surface area contributed by atoms with Crippen LogP contribution in [0, 0.1) is 0 Å². The standard InChI is InChI=1S/C8H13N3/c1-10-5-2-6-11-8(7-10)3-4-9-11/h3-4H,2,5-7H2,1H3. The number of nitrogens with zero attached hydrogens (tertiary/aromatic N) is 3. The molecular weight excluding hydrogens is 138 g/mol. The monoisotopic (exact) mass is 151 g/mol. The van der Waals surface area contributed by atoms with Crippen LogP contribution in [0.25, 0.3) is 0 Å². The molecule has 1 aliphatic heterocycles. The third-order valence-electron chi connectivity index (χ3n) is 2.15. The molecule has 0 aliphatic carbocycles. The first kappa shape index (κ1) is 6.85. The van der Waals surface area contributed by atoms with E-state index in [4.69, 9.17) is 0 Å². The normalized spacial score (nSPS) is 19.4. The quantitative estimate of drug-likeness (QED) is 0.544. The second-order valence-electron chi connectivity index (χ2n) is 3.14. The van der Waals surface area contributed by atoms with E-state index >= 15 is 0 Å². The number of fused-ring (bicyclic) bond motifs is 1. The van der Waals surface area contributed by atoms with Crippen molar-refractivity contribution in [1.29, 1.82) is 0 Å². The summed E-state index contributed by atoms with van der Waals surface area (Å²) >= 11 is 0. The predicted octanol–water partition coefficient (Wildman–Crippen LogP) is 0.719. The van der Waals surface area contributed by atoms with Crippen LogP contribution in [-0.2, 0) is 13.1 Å². The Balaban J connectivity index is 2.26. The largest absolute Gasteiger partial charge is 0.300 e. The van der Waals surface area contributed by atoms with Gasteiger partial charge in [-0.05, 0) is 19.5 Å². The van der Waals surface area contributed by atoms with Crippen molar-refractivity contribution in [1.82, 2.24) is 14.7 Å². The molecule has 0 atom stereocenters. The van der Waals surface area contributed by atoms with Crippen molar-refractivity contribution < 1.29 is 0 Å². The molecule has 0 saturated carbocycles. The lowest BCUT2D eigenvalue weighted by Crippen LogP contribution is -2.16. The molecule has 3 nitrogen and oxygen atoms in total. The van der Waals surface area contributed by atoms with Gasteiger partial charge in [-0.25, -0.2) is 0 Å². The lowest BCUT2D eigenvalue weighted by molar-refractivity contribution is 0.332. The smallest absolute Gasteiger partial charge is 0.0524 e. The molecule has 1 aromatic rings. The summed E-state index contributed by atoms with van der Waals surface area (Å²) < 4.78 is 2.10. The summed E-state index contributed by atoms with van der Waals surface area (Å²) in [6.45, 7) is 3.30. The van der Waals surface area contributed by atoms with Gasteiger partial charge >= 0.3 is 0 Å². The molecule has 60 valence electrons. The third-order valence-corrected chi connectivity index (χ3v) is 2.15. The second kappa shape index (κ2) is 2.66. The molecule has 0 radical (unpaired) electrons. The first-order valence-electron chi connectivity index (χ1n) is 4.05. The van der Waals surface area contributed by atoms with Crippen molar-refractivity contribution in [2.45, 2.75) is 19.5 Å². The number of hydrogen-bond donors (Lipinski definition) is 0. The highest BCUT2D eigenvalue weighted by Gasteiger charge is 2.09. The van der Waals surface area contributed by atoms with E-state index in [1.165, 1.54) is 18.7 Å². The minimum atomic E-state index is 1.04. The van der Waals surface area contributed by atoms with Gasteiger partial charge in [0.15, 0.2) is 0 Å². The van der Waals surface area contributed by atoms with Gasteiger partial charge in [0.2, 0.25) is 0 Å². The fraction of sp³-hybridized carbons (Fsp3) is 0.625. The molecule has 0 amide bonds. The molecule has 2 rings (SSSR count). The van der Waals surface area contributed by atoms with Gasteiger partial charge in [-0.1, -0.05) is 0 Å². The molecular formula is C8H13N3. The van der Waals surface area contributed by atoms with Crippen LogP contribution in [0.4, 0.5) is 0 Å². The summed E-state index contributed by atoms with van der Waals surface area (Å²) in [5, 5.41) is 4.24. The number of aromatic nitrogens is 2. The second-order valence-corrected chi connectivity index (χ2v) is 3.14. The van der Waals surface area contributed by atoms with Crippen LogP contribution in [0.5, 0.6) is 0 Å². The molecule has 2 heterocycles. The van der Waals surface area contributed by atoms with Gasteiger partial charge in [0.05, 0.1) is 5.69 Å². The Labute approximate surface area is 66.6 Å². The predicted molar refractivity (Wildman–Crippen MR) is 43.2 cm³/mol. The van der Waals surface area contributed by atoms with E-state index in [2.05, 4.69) is 27.8 Å². The summed E-state index contributed by atoms with van der Waals surface area (Å²) in [4.78, 5) is 2.33. The van der Waals surface area contributed by atoms with E-state index < -0.39 is 0 Å².